The van der Waals surface area contributed by atoms with Gasteiger partial charge in [0.2, 0.25) is 11.8 Å². The van der Waals surface area contributed by atoms with Gasteiger partial charge in [-0.25, -0.2) is 10.4 Å². The Hall–Kier alpha value is -3.23. The molecule has 0 radical (unpaired) electrons. The van der Waals surface area contributed by atoms with Gasteiger partial charge < -0.3 is 14.7 Å². The molecule has 196 valence electrons. The Balaban J connectivity index is 1.23. The average molecular weight is 504 g/mol. The quantitative estimate of drug-likeness (QED) is 0.696. The molecule has 2 aromatic rings. The van der Waals surface area contributed by atoms with Gasteiger partial charge in [0, 0.05) is 44.8 Å². The first-order valence-corrected chi connectivity index (χ1v) is 13.2. The molecule has 5 rings (SSSR count). The zero-order chi connectivity index (χ0) is 26.3. The highest BCUT2D eigenvalue weighted by Crippen LogP contribution is 2.32. The third kappa shape index (κ3) is 5.00. The lowest BCUT2D eigenvalue weighted by Crippen LogP contribution is -2.59. The summed E-state index contributed by atoms with van der Waals surface area (Å²) in [6.45, 7) is 9.70. The van der Waals surface area contributed by atoms with Crippen LogP contribution in [0.4, 0.5) is 5.69 Å². The lowest BCUT2D eigenvalue weighted by molar-refractivity contribution is -0.140. The van der Waals surface area contributed by atoms with Crippen LogP contribution in [-0.2, 0) is 15.0 Å². The summed E-state index contributed by atoms with van der Waals surface area (Å²) in [4.78, 5) is 45.8. The van der Waals surface area contributed by atoms with Crippen LogP contribution in [0, 0.1) is 11.8 Å². The highest BCUT2D eigenvalue weighted by Gasteiger charge is 2.51. The number of carbonyl (C=O) groups is 3. The second-order valence-corrected chi connectivity index (χ2v) is 11.5. The number of piperazine rings is 1. The van der Waals surface area contributed by atoms with Gasteiger partial charge in [-0.05, 0) is 42.3 Å². The van der Waals surface area contributed by atoms with E-state index in [0.29, 0.717) is 44.8 Å². The molecular formula is C29H37N5O3. The summed E-state index contributed by atoms with van der Waals surface area (Å²) in [5.74, 6) is -0.529. The van der Waals surface area contributed by atoms with E-state index in [-0.39, 0.29) is 41.0 Å². The number of likely N-dealkylation sites (tertiary alicyclic amines) is 1. The number of benzene rings is 2. The summed E-state index contributed by atoms with van der Waals surface area (Å²) in [6.07, 6.45) is 0. The fourth-order valence-corrected chi connectivity index (χ4v) is 5.71. The van der Waals surface area contributed by atoms with Gasteiger partial charge in [0.25, 0.3) is 5.91 Å². The van der Waals surface area contributed by atoms with Crippen molar-refractivity contribution in [2.45, 2.75) is 32.2 Å². The number of piperidine rings is 1. The molecule has 2 aromatic carbocycles. The minimum atomic E-state index is -0.325. The molecule has 3 aliphatic heterocycles. The number of para-hydroxylation sites is 1. The molecule has 3 heterocycles. The van der Waals surface area contributed by atoms with E-state index >= 15 is 0 Å². The zero-order valence-corrected chi connectivity index (χ0v) is 22.2. The lowest BCUT2D eigenvalue weighted by atomic mass is 9.84. The van der Waals surface area contributed by atoms with Crippen LogP contribution in [0.1, 0.15) is 36.7 Å². The normalized spacial score (nSPS) is 24.8. The highest BCUT2D eigenvalue weighted by atomic mass is 16.2. The molecule has 3 atom stereocenters. The number of fused-ring (bicyclic) bond motifs is 1. The molecule has 3 fully saturated rings. The van der Waals surface area contributed by atoms with Crippen molar-refractivity contribution < 1.29 is 14.4 Å². The molecule has 37 heavy (non-hydrogen) atoms. The standard InChI is InChI=1S/C29H37N5O3/c1-29(2,3)21-12-10-20(11-13-21)26(35)32-14-16-33(17-15-32)27(36)23-18-31(4)19-24-25(23)30-34(28(24)37)22-8-6-5-7-9-22/h5-13,23-25,30H,14-19H2,1-4H3. The van der Waals surface area contributed by atoms with Crippen LogP contribution in [-0.4, -0.2) is 84.8 Å². The molecule has 8 nitrogen and oxygen atoms in total. The summed E-state index contributed by atoms with van der Waals surface area (Å²) in [6, 6.07) is 17.1. The second-order valence-electron chi connectivity index (χ2n) is 11.5. The fraction of sp³-hybridized carbons (Fsp3) is 0.483. The second kappa shape index (κ2) is 9.91. The van der Waals surface area contributed by atoms with Crippen molar-refractivity contribution in [1.29, 1.82) is 0 Å². The maximum atomic E-state index is 13.7. The van der Waals surface area contributed by atoms with E-state index in [9.17, 15) is 14.4 Å². The van der Waals surface area contributed by atoms with Crippen molar-refractivity contribution in [3.05, 3.63) is 65.7 Å². The minimum absolute atomic E-state index is 0.00609. The molecule has 0 aliphatic carbocycles. The Bertz CT molecular complexity index is 1150. The van der Waals surface area contributed by atoms with E-state index < -0.39 is 0 Å². The number of carbonyl (C=O) groups excluding carboxylic acids is 3. The number of anilines is 1. The van der Waals surface area contributed by atoms with Gasteiger partial charge in [-0.2, -0.15) is 0 Å². The first-order chi connectivity index (χ1) is 17.6. The van der Waals surface area contributed by atoms with Crippen LogP contribution in [0.2, 0.25) is 0 Å². The Labute approximate surface area is 219 Å². The number of nitrogens with zero attached hydrogens (tertiary/aromatic N) is 4. The smallest absolute Gasteiger partial charge is 0.253 e. The molecule has 3 unspecified atom stereocenters. The number of nitrogens with one attached hydrogen (secondary N) is 1. The molecule has 3 saturated heterocycles. The maximum absolute atomic E-state index is 13.7. The molecule has 3 aliphatic rings. The van der Waals surface area contributed by atoms with Crippen LogP contribution < -0.4 is 10.4 Å². The van der Waals surface area contributed by atoms with Crippen molar-refractivity contribution in [3.8, 4) is 0 Å². The van der Waals surface area contributed by atoms with E-state index in [0.717, 1.165) is 5.69 Å². The first kappa shape index (κ1) is 25.4. The van der Waals surface area contributed by atoms with E-state index in [1.807, 2.05) is 71.4 Å². The summed E-state index contributed by atoms with van der Waals surface area (Å²) < 4.78 is 0. The first-order valence-electron chi connectivity index (χ1n) is 13.2. The van der Waals surface area contributed by atoms with Crippen LogP contribution in [0.15, 0.2) is 54.6 Å². The lowest BCUT2D eigenvalue weighted by Gasteiger charge is -2.41. The summed E-state index contributed by atoms with van der Waals surface area (Å²) >= 11 is 0. The minimum Gasteiger partial charge on any atom is -0.339 e. The van der Waals surface area contributed by atoms with Gasteiger partial charge in [-0.1, -0.05) is 51.1 Å². The van der Waals surface area contributed by atoms with E-state index in [1.165, 1.54) is 5.56 Å². The SMILES string of the molecule is CN1CC(C(=O)N2CCN(C(=O)c3ccc(C(C)(C)C)cc3)CC2)C2NN(c3ccccc3)C(=O)C2C1. The topological polar surface area (TPSA) is 76.2 Å². The predicted molar refractivity (Wildman–Crippen MR) is 143 cm³/mol. The van der Waals surface area contributed by atoms with Crippen LogP contribution in [0.3, 0.4) is 0 Å². The molecule has 0 bridgehead atoms. The molecule has 0 aromatic heterocycles. The van der Waals surface area contributed by atoms with Crippen LogP contribution in [0.5, 0.6) is 0 Å². The van der Waals surface area contributed by atoms with Gasteiger partial charge in [-0.15, -0.1) is 0 Å². The highest BCUT2D eigenvalue weighted by molar-refractivity contribution is 5.98. The molecule has 0 spiro atoms. The molecule has 1 N–H and O–H groups in total. The monoisotopic (exact) mass is 503 g/mol. The molecule has 8 heteroatoms. The summed E-state index contributed by atoms with van der Waals surface area (Å²) in [5, 5.41) is 1.61. The summed E-state index contributed by atoms with van der Waals surface area (Å²) in [7, 11) is 1.97. The van der Waals surface area contributed by atoms with Crippen molar-refractivity contribution in [2.75, 3.05) is 51.3 Å². The number of rotatable bonds is 3. The Kier molecular flexibility index (Phi) is 6.81. The number of hydrogen-bond acceptors (Lipinski definition) is 5. The third-order valence-electron chi connectivity index (χ3n) is 7.91. The number of hydrazine groups is 1. The van der Waals surface area contributed by atoms with Crippen molar-refractivity contribution in [2.24, 2.45) is 11.8 Å². The van der Waals surface area contributed by atoms with E-state index in [1.54, 1.807) is 5.01 Å². The largest absolute Gasteiger partial charge is 0.339 e. The van der Waals surface area contributed by atoms with Gasteiger partial charge in [0.15, 0.2) is 0 Å². The van der Waals surface area contributed by atoms with Gasteiger partial charge in [0.1, 0.15) is 0 Å². The fourth-order valence-electron chi connectivity index (χ4n) is 5.71. The number of hydrogen-bond donors (Lipinski definition) is 1. The van der Waals surface area contributed by atoms with Crippen molar-refractivity contribution in [1.82, 2.24) is 20.1 Å². The van der Waals surface area contributed by atoms with E-state index in [2.05, 4.69) is 31.1 Å². The van der Waals surface area contributed by atoms with Crippen LogP contribution >= 0.6 is 0 Å². The summed E-state index contributed by atoms with van der Waals surface area (Å²) in [5.41, 5.74) is 6.06. The molecular weight excluding hydrogens is 466 g/mol. The van der Waals surface area contributed by atoms with Crippen LogP contribution in [0.25, 0.3) is 0 Å². The van der Waals surface area contributed by atoms with Gasteiger partial charge in [-0.3, -0.25) is 14.4 Å². The predicted octanol–water partition coefficient (Wildman–Crippen LogP) is 2.37. The van der Waals surface area contributed by atoms with Crippen molar-refractivity contribution >= 4 is 23.4 Å². The Morgan fingerprint density at radius 2 is 1.49 bits per heavy atom. The Morgan fingerprint density at radius 3 is 2.11 bits per heavy atom. The molecule has 3 amide bonds. The van der Waals surface area contributed by atoms with Gasteiger partial charge in [0.05, 0.1) is 23.6 Å². The van der Waals surface area contributed by atoms with Gasteiger partial charge >= 0.3 is 0 Å². The third-order valence-corrected chi connectivity index (χ3v) is 7.91. The van der Waals surface area contributed by atoms with Crippen molar-refractivity contribution in [3.63, 3.8) is 0 Å². The Morgan fingerprint density at radius 1 is 0.865 bits per heavy atom. The maximum Gasteiger partial charge on any atom is 0.253 e. The van der Waals surface area contributed by atoms with E-state index in [4.69, 9.17) is 0 Å². The molecule has 0 saturated carbocycles. The number of amides is 3. The zero-order valence-electron chi connectivity index (χ0n) is 22.2. The average Bonchev–Trinajstić information content (AvgIpc) is 3.23.